The van der Waals surface area contributed by atoms with Gasteiger partial charge in [-0.15, -0.1) is 0 Å². The van der Waals surface area contributed by atoms with Crippen molar-refractivity contribution >= 4 is 54.2 Å². The van der Waals surface area contributed by atoms with Crippen molar-refractivity contribution in [1.29, 1.82) is 5.26 Å². The van der Waals surface area contributed by atoms with E-state index >= 15 is 0 Å². The van der Waals surface area contributed by atoms with E-state index in [2.05, 4.69) is 53.3 Å². The number of hydrogen-bond donors (Lipinski definition) is 6. The van der Waals surface area contributed by atoms with Gasteiger partial charge in [-0.05, 0) is 107 Å². The molecule has 3 aliphatic heterocycles. The van der Waals surface area contributed by atoms with E-state index in [1.165, 1.54) is 109 Å². The molecule has 1 aliphatic carbocycles. The number of fused-ring (bicyclic) bond motifs is 1. The van der Waals surface area contributed by atoms with Crippen LogP contribution in [0.5, 0.6) is 0 Å². The number of aliphatic hydroxyl groups is 1. The normalized spacial score (nSPS) is 16.0. The van der Waals surface area contributed by atoms with Gasteiger partial charge in [-0.1, -0.05) is 26.2 Å². The number of carboxylic acid groups (broad SMARTS) is 1. The second kappa shape index (κ2) is 30.8. The second-order valence-corrected chi connectivity index (χ2v) is 18.7. The topological polar surface area (TPSA) is 266 Å². The lowest BCUT2D eigenvalue weighted by Gasteiger charge is -2.44. The Balaban J connectivity index is 0.000000237. The number of anilines is 4. The average Bonchev–Trinajstić information content (AvgIpc) is 3.84. The first-order valence-electron chi connectivity index (χ1n) is 25.3. The van der Waals surface area contributed by atoms with E-state index in [0.29, 0.717) is 35.9 Å². The fourth-order valence-electron chi connectivity index (χ4n) is 9.31. The van der Waals surface area contributed by atoms with Crippen molar-refractivity contribution in [2.24, 2.45) is 16.6 Å². The van der Waals surface area contributed by atoms with Gasteiger partial charge >= 0.3 is 0 Å². The highest BCUT2D eigenvalue weighted by Gasteiger charge is 2.30. The van der Waals surface area contributed by atoms with Crippen LogP contribution in [0.3, 0.4) is 0 Å². The predicted molar refractivity (Wildman–Crippen MR) is 291 cm³/mol. The van der Waals surface area contributed by atoms with E-state index in [-0.39, 0.29) is 12.0 Å². The van der Waals surface area contributed by atoms with Gasteiger partial charge in [0.2, 0.25) is 6.41 Å². The van der Waals surface area contributed by atoms with E-state index in [1.54, 1.807) is 47.5 Å². The molecule has 0 unspecified atom stereocenters. The Morgan fingerprint density at radius 3 is 2.21 bits per heavy atom. The number of benzene rings is 1. The molecule has 1 saturated carbocycles. The number of hydrogen-bond acceptors (Lipinski definition) is 15. The Kier molecular flexibility index (Phi) is 24.7. The summed E-state index contributed by atoms with van der Waals surface area (Å²) >= 11 is 0. The number of aryl methyl sites for hydroxylation is 1. The molecule has 3 saturated heterocycles. The highest BCUT2D eigenvalue weighted by atomic mass is 16.3. The number of nitrogen functional groups attached to an aromatic ring is 1. The Bertz CT molecular complexity index is 2580. The maximum absolute atomic E-state index is 11.2. The summed E-state index contributed by atoms with van der Waals surface area (Å²) in [5.74, 6) is 0.826. The van der Waals surface area contributed by atoms with E-state index in [9.17, 15) is 14.7 Å². The molecule has 19 nitrogen and oxygen atoms in total. The molecule has 0 radical (unpaired) electrons. The number of aromatic nitrogens is 4. The summed E-state index contributed by atoms with van der Waals surface area (Å²) in [4.78, 5) is 54.6. The number of carbonyl (C=O) groups excluding carboxylic acids is 2. The summed E-state index contributed by atoms with van der Waals surface area (Å²) < 4.78 is 3.36. The summed E-state index contributed by atoms with van der Waals surface area (Å²) in [6.07, 6.45) is 20.6. The van der Waals surface area contributed by atoms with Gasteiger partial charge in [0.1, 0.15) is 12.9 Å². The minimum Gasteiger partial charge on any atom is -0.483 e. The van der Waals surface area contributed by atoms with Gasteiger partial charge in [-0.2, -0.15) is 10.4 Å². The smallest absolute Gasteiger partial charge is 0.290 e. The average molecular weight is 1000 g/mol. The Morgan fingerprint density at radius 2 is 1.58 bits per heavy atom. The number of piperidine rings is 1. The van der Waals surface area contributed by atoms with Gasteiger partial charge in [0.05, 0.1) is 58.0 Å². The predicted octanol–water partition coefficient (Wildman–Crippen LogP) is 5.76. The third kappa shape index (κ3) is 17.6. The van der Waals surface area contributed by atoms with Crippen molar-refractivity contribution in [2.75, 3.05) is 86.8 Å². The zero-order valence-corrected chi connectivity index (χ0v) is 43.2. The fourth-order valence-corrected chi connectivity index (χ4v) is 9.31. The standard InChI is InChI=1S/C24H27N5O.C18H29N5.C9H12N2O2.CH5N.CH2O2.CH2O/c1-24(2,30)21-12-22(26)17(15-27-18-6-4-3-5-7-18)11-20(21)23-9-8-19-10-16(13-25)14-28-29(19)23;1-2-6-22(7-3-1)17-10-18(12-20-11-17)23-14-16(15-23)13-21-8-4-19-5-9-21;1-2-5-11-6-8(10-7-12)3-4-9(11)13;1-2;2-1-3;1-2/h8-12,14-15,18,30H,3-7,26H2,1-2H3;10-12,16,19H,1-9,13-15H2;3-4,6-7H,2,5H2,1H3,(H,10,12);2H2,1H3;1H,(H,2,3);1H2. The Labute approximate surface area is 429 Å². The number of carbonyl (C=O) groups is 3. The number of piperazine rings is 1. The summed E-state index contributed by atoms with van der Waals surface area (Å²) in [5.41, 5.74) is 18.1. The van der Waals surface area contributed by atoms with Gasteiger partial charge in [0, 0.05) is 113 Å². The van der Waals surface area contributed by atoms with E-state index in [1.807, 2.05) is 56.6 Å². The van der Waals surface area contributed by atoms with Crippen LogP contribution < -0.4 is 37.5 Å². The van der Waals surface area contributed by atoms with Crippen molar-refractivity contribution in [3.63, 3.8) is 0 Å². The molecule has 4 aliphatic rings. The number of nitriles is 1. The van der Waals surface area contributed by atoms with Crippen LogP contribution in [0, 0.1) is 17.2 Å². The molecule has 9 rings (SSSR count). The molecule has 0 spiro atoms. The van der Waals surface area contributed by atoms with Crippen LogP contribution in [0.2, 0.25) is 0 Å². The molecule has 0 bridgehead atoms. The molecule has 4 fully saturated rings. The third-order valence-corrected chi connectivity index (χ3v) is 12.9. The van der Waals surface area contributed by atoms with Crippen LogP contribution >= 0.6 is 0 Å². The molecule has 0 atom stereocenters. The maximum Gasteiger partial charge on any atom is 0.290 e. The zero-order valence-electron chi connectivity index (χ0n) is 43.2. The molecule has 8 N–H and O–H groups in total. The van der Waals surface area contributed by atoms with Crippen LogP contribution in [0.25, 0.3) is 16.8 Å². The number of rotatable bonds is 12. The van der Waals surface area contributed by atoms with Gasteiger partial charge in [0.15, 0.2) is 0 Å². The monoisotopic (exact) mass is 1000 g/mol. The molecule has 5 aromatic rings. The molecule has 394 valence electrons. The highest BCUT2D eigenvalue weighted by Crippen LogP contribution is 2.36. The van der Waals surface area contributed by atoms with Gasteiger partial charge in [-0.3, -0.25) is 24.4 Å². The van der Waals surface area contributed by atoms with Crippen LogP contribution in [-0.4, -0.2) is 132 Å². The third-order valence-electron chi connectivity index (χ3n) is 12.9. The van der Waals surface area contributed by atoms with Crippen LogP contribution in [0.1, 0.15) is 95.2 Å². The summed E-state index contributed by atoms with van der Waals surface area (Å²) in [6.45, 7) is 18.7. The Morgan fingerprint density at radius 1 is 0.918 bits per heavy atom. The molecular weight excluding hydrogens is 927 g/mol. The molecule has 19 heteroatoms. The lowest BCUT2D eigenvalue weighted by Crippen LogP contribution is -2.54. The molecule has 1 aromatic carbocycles. The molecule has 1 amide bonds. The van der Waals surface area contributed by atoms with Crippen LogP contribution in [0.4, 0.5) is 22.7 Å². The maximum atomic E-state index is 11.2. The van der Waals surface area contributed by atoms with E-state index in [4.69, 9.17) is 30.7 Å². The minimum atomic E-state index is -1.08. The van der Waals surface area contributed by atoms with Crippen molar-refractivity contribution in [3.8, 4) is 17.3 Å². The zero-order chi connectivity index (χ0) is 53.2. The highest BCUT2D eigenvalue weighted by molar-refractivity contribution is 5.91. The van der Waals surface area contributed by atoms with Crippen LogP contribution in [0.15, 0.2) is 83.1 Å². The van der Waals surface area contributed by atoms with Gasteiger partial charge in [0.25, 0.3) is 12.0 Å². The van der Waals surface area contributed by atoms with Gasteiger partial charge in [-0.25, -0.2) is 4.52 Å². The lowest BCUT2D eigenvalue weighted by atomic mass is 9.89. The first-order chi connectivity index (χ1) is 35.4. The van der Waals surface area contributed by atoms with Crippen molar-refractivity contribution in [3.05, 3.63) is 100 Å². The molecule has 73 heavy (non-hydrogen) atoms. The quantitative estimate of drug-likeness (QED) is 0.0493. The first-order valence-corrected chi connectivity index (χ1v) is 25.3. The number of nitrogens with one attached hydrogen (secondary N) is 2. The van der Waals surface area contributed by atoms with Crippen molar-refractivity contribution in [1.82, 2.24) is 29.4 Å². The largest absolute Gasteiger partial charge is 0.483 e. The van der Waals surface area contributed by atoms with E-state index < -0.39 is 5.60 Å². The number of nitrogens with zero attached hydrogens (tertiary/aromatic N) is 9. The SMILES string of the molecule is C=O.CC(C)(O)c1cc(N)c(C=NC2CCCCC2)cc1-c1ccc2cc(C#N)cnn12.CCCn1cc(NC=O)ccc1=O.CN.O=CO.c1ncc(N2CC(CN3CCNCC3)C2)cc1N1CCCCC1. The van der Waals surface area contributed by atoms with Gasteiger partial charge < -0.3 is 56.4 Å². The number of nitrogens with two attached hydrogens (primary N) is 2. The Hall–Kier alpha value is -6.98. The summed E-state index contributed by atoms with van der Waals surface area (Å²) in [5, 5.41) is 37.2. The fraction of sp³-hybridized carbons (Fsp3) is 0.481. The van der Waals surface area contributed by atoms with Crippen molar-refractivity contribution < 1.29 is 24.6 Å². The number of amides is 1. The first kappa shape index (κ1) is 58.6. The van der Waals surface area contributed by atoms with E-state index in [0.717, 1.165) is 66.2 Å². The molecular formula is C54H77N13O6. The molecule has 7 heterocycles. The summed E-state index contributed by atoms with van der Waals surface area (Å²) in [7, 11) is 1.50. The lowest BCUT2D eigenvalue weighted by molar-refractivity contribution is -0.122. The molecule has 4 aromatic heterocycles. The number of aliphatic imine (C=N–C) groups is 1. The van der Waals surface area contributed by atoms with Crippen LogP contribution in [-0.2, 0) is 26.5 Å². The minimum absolute atomic E-state index is 0.0432. The number of pyridine rings is 2. The second-order valence-electron chi connectivity index (χ2n) is 18.7. The summed E-state index contributed by atoms with van der Waals surface area (Å²) in [6, 6.07) is 17.3. The van der Waals surface area contributed by atoms with Crippen molar-refractivity contribution in [2.45, 2.75) is 96.7 Å².